The van der Waals surface area contributed by atoms with E-state index in [1.165, 1.54) is 12.1 Å². The lowest BCUT2D eigenvalue weighted by atomic mass is 10.2. The number of nitrogen functional groups attached to an aromatic ring is 1. The van der Waals surface area contributed by atoms with Crippen LogP contribution in [0.3, 0.4) is 0 Å². The molecule has 1 aromatic rings. The van der Waals surface area contributed by atoms with Gasteiger partial charge in [-0.15, -0.1) is 0 Å². The second-order valence-corrected chi connectivity index (χ2v) is 2.05. The minimum atomic E-state index is -1.16. The Morgan fingerprint density at radius 3 is 2.75 bits per heavy atom. The van der Waals surface area contributed by atoms with Gasteiger partial charge in [0.1, 0.15) is 11.9 Å². The summed E-state index contributed by atoms with van der Waals surface area (Å²) in [4.78, 5) is 13.9. The van der Waals surface area contributed by atoms with E-state index < -0.39 is 5.97 Å². The molecule has 1 rings (SSSR count). The first-order chi connectivity index (χ1) is 5.65. The van der Waals surface area contributed by atoms with Crippen LogP contribution in [0.2, 0.25) is 0 Å². The molecule has 12 heavy (non-hydrogen) atoms. The Balaban J connectivity index is 3.21. The van der Waals surface area contributed by atoms with Crippen LogP contribution < -0.4 is 5.73 Å². The Bertz CT molecular complexity index is 367. The number of rotatable bonds is 1. The molecule has 0 amide bonds. The molecule has 1 aromatic heterocycles. The second-order valence-electron chi connectivity index (χ2n) is 2.05. The van der Waals surface area contributed by atoms with Gasteiger partial charge in [-0.3, -0.25) is 0 Å². The maximum absolute atomic E-state index is 10.4. The van der Waals surface area contributed by atoms with E-state index in [4.69, 9.17) is 16.1 Å². The van der Waals surface area contributed by atoms with Gasteiger partial charge in [-0.05, 0) is 12.1 Å². The van der Waals surface area contributed by atoms with Gasteiger partial charge in [-0.25, -0.2) is 9.78 Å². The summed E-state index contributed by atoms with van der Waals surface area (Å²) in [6.45, 7) is 0. The van der Waals surface area contributed by atoms with Crippen LogP contribution in [0.25, 0.3) is 0 Å². The Morgan fingerprint density at radius 1 is 1.67 bits per heavy atom. The number of nitriles is 1. The standard InChI is InChI=1S/C7H5N3O2/c8-3-4-1-2-5(7(11)12)10-6(4)9/h1-2H,(H2,9,10)(H,11,12). The van der Waals surface area contributed by atoms with Gasteiger partial charge in [0.05, 0.1) is 5.56 Å². The number of nitrogens with zero attached hydrogens (tertiary/aromatic N) is 2. The predicted octanol–water partition coefficient (Wildman–Crippen LogP) is 0.234. The molecule has 0 aliphatic heterocycles. The second kappa shape index (κ2) is 2.88. The van der Waals surface area contributed by atoms with E-state index in [0.29, 0.717) is 0 Å². The summed E-state index contributed by atoms with van der Waals surface area (Å²) in [5, 5.41) is 16.9. The summed E-state index contributed by atoms with van der Waals surface area (Å²) >= 11 is 0. The van der Waals surface area contributed by atoms with Gasteiger partial charge >= 0.3 is 5.97 Å². The van der Waals surface area contributed by atoms with Crippen LogP contribution >= 0.6 is 0 Å². The molecule has 1 heterocycles. The molecule has 3 N–H and O–H groups in total. The van der Waals surface area contributed by atoms with Crippen molar-refractivity contribution in [1.82, 2.24) is 4.98 Å². The largest absolute Gasteiger partial charge is 0.477 e. The minimum Gasteiger partial charge on any atom is -0.477 e. The first-order valence-electron chi connectivity index (χ1n) is 3.05. The highest BCUT2D eigenvalue weighted by Crippen LogP contribution is 2.07. The zero-order valence-corrected chi connectivity index (χ0v) is 5.98. The van der Waals surface area contributed by atoms with Crippen LogP contribution in [0.1, 0.15) is 16.1 Å². The zero-order valence-electron chi connectivity index (χ0n) is 5.98. The molecule has 0 saturated heterocycles. The van der Waals surface area contributed by atoms with Crippen LogP contribution in [0, 0.1) is 11.3 Å². The third kappa shape index (κ3) is 1.32. The molecule has 0 aromatic carbocycles. The first kappa shape index (κ1) is 8.01. The molecule has 60 valence electrons. The smallest absolute Gasteiger partial charge is 0.354 e. The number of carbonyl (C=O) groups is 1. The Hall–Kier alpha value is -2.09. The SMILES string of the molecule is N#Cc1ccc(C(=O)O)nc1N. The maximum Gasteiger partial charge on any atom is 0.354 e. The third-order valence-electron chi connectivity index (χ3n) is 1.26. The lowest BCUT2D eigenvalue weighted by molar-refractivity contribution is 0.0690. The van der Waals surface area contributed by atoms with Crippen molar-refractivity contribution >= 4 is 11.8 Å². The van der Waals surface area contributed by atoms with Crippen LogP contribution in [0.5, 0.6) is 0 Å². The fourth-order valence-corrected chi connectivity index (χ4v) is 0.689. The van der Waals surface area contributed by atoms with Crippen LogP contribution in [0.4, 0.5) is 5.82 Å². The van der Waals surface area contributed by atoms with Crippen molar-refractivity contribution in [3.63, 3.8) is 0 Å². The highest BCUT2D eigenvalue weighted by molar-refractivity contribution is 5.86. The average molecular weight is 163 g/mol. The van der Waals surface area contributed by atoms with Gasteiger partial charge in [0.2, 0.25) is 0 Å². The summed E-state index contributed by atoms with van der Waals surface area (Å²) in [7, 11) is 0. The maximum atomic E-state index is 10.4. The molecule has 0 unspecified atom stereocenters. The van der Waals surface area contributed by atoms with Crippen molar-refractivity contribution in [3.05, 3.63) is 23.4 Å². The van der Waals surface area contributed by atoms with Crippen molar-refractivity contribution < 1.29 is 9.90 Å². The van der Waals surface area contributed by atoms with Gasteiger partial charge < -0.3 is 10.8 Å². The monoisotopic (exact) mass is 163 g/mol. The molecule has 0 saturated carbocycles. The van der Waals surface area contributed by atoms with Crippen molar-refractivity contribution in [1.29, 1.82) is 5.26 Å². The predicted molar refractivity (Wildman–Crippen MR) is 40.3 cm³/mol. The number of aromatic carboxylic acids is 1. The molecule has 0 atom stereocenters. The topological polar surface area (TPSA) is 100 Å². The number of aromatic nitrogens is 1. The van der Waals surface area contributed by atoms with Gasteiger partial charge in [-0.2, -0.15) is 5.26 Å². The van der Waals surface area contributed by atoms with Gasteiger partial charge in [-0.1, -0.05) is 0 Å². The van der Waals surface area contributed by atoms with Crippen molar-refractivity contribution in [3.8, 4) is 6.07 Å². The molecule has 0 spiro atoms. The third-order valence-corrected chi connectivity index (χ3v) is 1.26. The molecule has 5 nitrogen and oxygen atoms in total. The van der Waals surface area contributed by atoms with E-state index in [0.717, 1.165) is 0 Å². The molecule has 5 heteroatoms. The first-order valence-corrected chi connectivity index (χ1v) is 3.05. The fraction of sp³-hybridized carbons (Fsp3) is 0. The summed E-state index contributed by atoms with van der Waals surface area (Å²) < 4.78 is 0. The number of carboxylic acids is 1. The van der Waals surface area contributed by atoms with Crippen LogP contribution in [-0.2, 0) is 0 Å². The van der Waals surface area contributed by atoms with E-state index >= 15 is 0 Å². The minimum absolute atomic E-state index is 0.0580. The normalized spacial score (nSPS) is 8.92. The Labute approximate surface area is 68.1 Å². The van der Waals surface area contributed by atoms with Crippen LogP contribution in [0.15, 0.2) is 12.1 Å². The molecule has 0 fully saturated rings. The summed E-state index contributed by atoms with van der Waals surface area (Å²) in [6, 6.07) is 4.34. The van der Waals surface area contributed by atoms with Gasteiger partial charge in [0.25, 0.3) is 0 Å². The number of hydrogen-bond acceptors (Lipinski definition) is 4. The number of anilines is 1. The Kier molecular flexibility index (Phi) is 1.92. The lowest BCUT2D eigenvalue weighted by Crippen LogP contribution is -2.04. The summed E-state index contributed by atoms with van der Waals surface area (Å²) in [6.07, 6.45) is 0. The molecule has 0 aliphatic carbocycles. The van der Waals surface area contributed by atoms with Crippen LogP contribution in [-0.4, -0.2) is 16.1 Å². The van der Waals surface area contributed by atoms with Crippen molar-refractivity contribution in [2.45, 2.75) is 0 Å². The number of hydrogen-bond donors (Lipinski definition) is 2. The molecular formula is C7H5N3O2. The summed E-state index contributed by atoms with van der Waals surface area (Å²) in [5.41, 5.74) is 5.29. The number of carboxylic acid groups (broad SMARTS) is 1. The quantitative estimate of drug-likeness (QED) is 0.617. The van der Waals surface area contributed by atoms with E-state index in [2.05, 4.69) is 4.98 Å². The van der Waals surface area contributed by atoms with Crippen molar-refractivity contribution in [2.24, 2.45) is 0 Å². The van der Waals surface area contributed by atoms with Crippen molar-refractivity contribution in [2.75, 3.05) is 5.73 Å². The number of pyridine rings is 1. The molecular weight excluding hydrogens is 158 g/mol. The lowest BCUT2D eigenvalue weighted by Gasteiger charge is -1.96. The van der Waals surface area contributed by atoms with E-state index in [1.807, 2.05) is 0 Å². The zero-order chi connectivity index (χ0) is 9.14. The molecule has 0 radical (unpaired) electrons. The summed E-state index contributed by atoms with van der Waals surface area (Å²) in [5.74, 6) is -1.22. The highest BCUT2D eigenvalue weighted by Gasteiger charge is 2.06. The van der Waals surface area contributed by atoms with Gasteiger partial charge in [0, 0.05) is 0 Å². The average Bonchev–Trinajstić information content (AvgIpc) is 2.04. The molecule has 0 aliphatic rings. The van der Waals surface area contributed by atoms with E-state index in [9.17, 15) is 4.79 Å². The Morgan fingerprint density at radius 2 is 2.33 bits per heavy atom. The highest BCUT2D eigenvalue weighted by atomic mass is 16.4. The van der Waals surface area contributed by atoms with E-state index in [1.54, 1.807) is 6.07 Å². The van der Waals surface area contributed by atoms with Gasteiger partial charge in [0.15, 0.2) is 5.69 Å². The fourth-order valence-electron chi connectivity index (χ4n) is 0.689. The van der Waals surface area contributed by atoms with E-state index in [-0.39, 0.29) is 17.1 Å². The molecule has 0 bridgehead atoms. The number of nitrogens with two attached hydrogens (primary N) is 1.